The quantitative estimate of drug-likeness (QED) is 0.691. The largest absolute Gasteiger partial charge is 0.490 e. The minimum atomic E-state index is -5.08. The maximum atomic E-state index is 12.8. The number of carbonyl (C=O) groups is 2. The number of benzene rings is 1. The van der Waals surface area contributed by atoms with Crippen LogP contribution in [0.25, 0.3) is 0 Å². The fraction of sp³-hybridized carbons (Fsp3) is 0.435. The van der Waals surface area contributed by atoms with Gasteiger partial charge in [0.1, 0.15) is 0 Å². The standard InChI is InChI=1S/C21H22N2O3S.C2HF3O2/c24-20(16-3-4-17-10-25-11-18(17)6-16)23-13-21(14-23)7-19(12-27-21)26-9-15-2-1-5-22-8-15;3-2(4,5)1(6)7/h1-6,8,19H,7,9-14H2;(H,6,7). The lowest BCUT2D eigenvalue weighted by Crippen LogP contribution is -2.60. The zero-order valence-corrected chi connectivity index (χ0v) is 18.9. The second-order valence-corrected chi connectivity index (χ2v) is 9.92. The van der Waals surface area contributed by atoms with Crippen LogP contribution in [0.3, 0.4) is 0 Å². The Morgan fingerprint density at radius 3 is 2.65 bits per heavy atom. The monoisotopic (exact) mass is 496 g/mol. The molecule has 1 unspecified atom stereocenters. The molecular formula is C23H23F3N2O5S. The van der Waals surface area contributed by atoms with Gasteiger partial charge in [0.05, 0.1) is 30.7 Å². The van der Waals surface area contributed by atoms with Crippen LogP contribution in [0.5, 0.6) is 0 Å². The highest BCUT2D eigenvalue weighted by atomic mass is 32.2. The highest BCUT2D eigenvalue weighted by Gasteiger charge is 2.51. The van der Waals surface area contributed by atoms with Gasteiger partial charge in [-0.25, -0.2) is 4.79 Å². The number of hydrogen-bond donors (Lipinski definition) is 1. The number of rotatable bonds is 4. The van der Waals surface area contributed by atoms with E-state index < -0.39 is 12.1 Å². The summed E-state index contributed by atoms with van der Waals surface area (Å²) < 4.78 is 43.4. The molecule has 1 N–H and O–H groups in total. The summed E-state index contributed by atoms with van der Waals surface area (Å²) in [7, 11) is 0. The molecular weight excluding hydrogens is 473 g/mol. The highest BCUT2D eigenvalue weighted by Crippen LogP contribution is 2.46. The van der Waals surface area contributed by atoms with Crippen molar-refractivity contribution in [3.05, 3.63) is 65.0 Å². The number of aromatic nitrogens is 1. The number of likely N-dealkylation sites (tertiary alicyclic amines) is 1. The number of hydrogen-bond acceptors (Lipinski definition) is 6. The Labute approximate surface area is 198 Å². The molecule has 1 amide bonds. The molecule has 2 saturated heterocycles. The zero-order valence-electron chi connectivity index (χ0n) is 18.1. The number of fused-ring (bicyclic) bond motifs is 1. The molecule has 11 heteroatoms. The van der Waals surface area contributed by atoms with Crippen LogP contribution in [-0.2, 0) is 34.1 Å². The number of halogens is 3. The molecule has 34 heavy (non-hydrogen) atoms. The van der Waals surface area contributed by atoms with Gasteiger partial charge in [0, 0.05) is 36.8 Å². The molecule has 7 nitrogen and oxygen atoms in total. The molecule has 0 saturated carbocycles. The van der Waals surface area contributed by atoms with E-state index in [-0.39, 0.29) is 16.8 Å². The van der Waals surface area contributed by atoms with Gasteiger partial charge in [-0.1, -0.05) is 12.1 Å². The molecule has 1 atom stereocenters. The topological polar surface area (TPSA) is 89.0 Å². The molecule has 3 aliphatic rings. The average Bonchev–Trinajstić information content (AvgIpc) is 3.43. The molecule has 1 spiro atoms. The first kappa shape index (κ1) is 24.5. The van der Waals surface area contributed by atoms with Gasteiger partial charge in [-0.15, -0.1) is 11.8 Å². The van der Waals surface area contributed by atoms with Gasteiger partial charge in [-0.3, -0.25) is 9.78 Å². The summed E-state index contributed by atoms with van der Waals surface area (Å²) in [5.41, 5.74) is 4.23. The van der Waals surface area contributed by atoms with E-state index >= 15 is 0 Å². The van der Waals surface area contributed by atoms with Crippen molar-refractivity contribution in [3.63, 3.8) is 0 Å². The van der Waals surface area contributed by atoms with E-state index in [0.717, 1.165) is 42.0 Å². The van der Waals surface area contributed by atoms with Crippen LogP contribution in [0, 0.1) is 0 Å². The number of amides is 1. The second kappa shape index (κ2) is 9.93. The third-order valence-electron chi connectivity index (χ3n) is 5.84. The first-order chi connectivity index (χ1) is 16.2. The van der Waals surface area contributed by atoms with E-state index in [0.29, 0.717) is 19.8 Å². The van der Waals surface area contributed by atoms with Gasteiger partial charge in [0.2, 0.25) is 0 Å². The lowest BCUT2D eigenvalue weighted by atomic mass is 9.92. The highest BCUT2D eigenvalue weighted by molar-refractivity contribution is 8.01. The van der Waals surface area contributed by atoms with E-state index in [1.54, 1.807) is 6.20 Å². The Hall–Kier alpha value is -2.63. The molecule has 2 fully saturated rings. The predicted octanol–water partition coefficient (Wildman–Crippen LogP) is 3.66. The lowest BCUT2D eigenvalue weighted by molar-refractivity contribution is -0.192. The molecule has 3 aliphatic heterocycles. The summed E-state index contributed by atoms with van der Waals surface area (Å²) in [6.45, 7) is 3.52. The van der Waals surface area contributed by atoms with Gasteiger partial charge < -0.3 is 19.5 Å². The SMILES string of the molecule is O=C(O)C(F)(F)F.O=C(c1ccc2c(c1)COC2)N1CC2(CC(OCc3cccnc3)CS2)C1. The van der Waals surface area contributed by atoms with Crippen molar-refractivity contribution in [1.82, 2.24) is 9.88 Å². The van der Waals surface area contributed by atoms with E-state index in [2.05, 4.69) is 4.98 Å². The van der Waals surface area contributed by atoms with E-state index in [9.17, 15) is 18.0 Å². The molecule has 0 radical (unpaired) electrons. The number of ether oxygens (including phenoxy) is 2. The van der Waals surface area contributed by atoms with Crippen LogP contribution < -0.4 is 0 Å². The Bertz CT molecular complexity index is 1040. The number of carbonyl (C=O) groups excluding carboxylic acids is 1. The van der Waals surface area contributed by atoms with Crippen molar-refractivity contribution < 1.29 is 37.3 Å². The number of nitrogens with zero attached hydrogens (tertiary/aromatic N) is 2. The fourth-order valence-electron chi connectivity index (χ4n) is 4.11. The lowest BCUT2D eigenvalue weighted by Gasteiger charge is -2.47. The Balaban J connectivity index is 0.000000344. The number of carboxylic acids is 1. The van der Waals surface area contributed by atoms with Crippen molar-refractivity contribution in [3.8, 4) is 0 Å². The summed E-state index contributed by atoms with van der Waals surface area (Å²) in [4.78, 5) is 27.8. The molecule has 4 heterocycles. The van der Waals surface area contributed by atoms with Crippen LogP contribution in [-0.4, -0.2) is 62.7 Å². The van der Waals surface area contributed by atoms with E-state index in [1.807, 2.05) is 53.2 Å². The van der Waals surface area contributed by atoms with Crippen molar-refractivity contribution in [2.75, 3.05) is 18.8 Å². The molecule has 0 bridgehead atoms. The zero-order chi connectivity index (χ0) is 24.3. The Morgan fingerprint density at radius 2 is 1.97 bits per heavy atom. The summed E-state index contributed by atoms with van der Waals surface area (Å²) in [6.07, 6.45) is -0.189. The number of pyridine rings is 1. The maximum absolute atomic E-state index is 12.8. The second-order valence-electron chi connectivity index (χ2n) is 8.43. The Morgan fingerprint density at radius 1 is 1.24 bits per heavy atom. The number of alkyl halides is 3. The van der Waals surface area contributed by atoms with E-state index in [4.69, 9.17) is 19.4 Å². The van der Waals surface area contributed by atoms with Gasteiger partial charge in [0.15, 0.2) is 0 Å². The Kier molecular flexibility index (Phi) is 7.15. The van der Waals surface area contributed by atoms with Crippen LogP contribution >= 0.6 is 11.8 Å². The van der Waals surface area contributed by atoms with Crippen LogP contribution in [0.15, 0.2) is 42.7 Å². The third-order valence-corrected chi connectivity index (χ3v) is 7.42. The van der Waals surface area contributed by atoms with Crippen LogP contribution in [0.2, 0.25) is 0 Å². The van der Waals surface area contributed by atoms with Gasteiger partial charge in [-0.05, 0) is 41.3 Å². The van der Waals surface area contributed by atoms with Gasteiger partial charge >= 0.3 is 12.1 Å². The first-order valence-electron chi connectivity index (χ1n) is 10.6. The first-order valence-corrected chi connectivity index (χ1v) is 11.6. The molecule has 182 valence electrons. The summed E-state index contributed by atoms with van der Waals surface area (Å²) in [5, 5.41) is 7.12. The average molecular weight is 497 g/mol. The molecule has 2 aromatic rings. The molecule has 1 aromatic carbocycles. The minimum Gasteiger partial charge on any atom is -0.475 e. The minimum absolute atomic E-state index is 0.135. The summed E-state index contributed by atoms with van der Waals surface area (Å²) >= 11 is 1.96. The maximum Gasteiger partial charge on any atom is 0.490 e. The fourth-order valence-corrected chi connectivity index (χ4v) is 5.66. The van der Waals surface area contributed by atoms with E-state index in [1.165, 1.54) is 5.56 Å². The van der Waals surface area contributed by atoms with Crippen molar-refractivity contribution >= 4 is 23.6 Å². The number of carboxylic acid groups (broad SMARTS) is 1. The normalized spacial score (nSPS) is 20.3. The number of aliphatic carboxylic acids is 1. The van der Waals surface area contributed by atoms with Gasteiger partial charge in [-0.2, -0.15) is 13.2 Å². The third kappa shape index (κ3) is 5.70. The summed E-state index contributed by atoms with van der Waals surface area (Å²) in [5.74, 6) is -1.62. The predicted molar refractivity (Wildman–Crippen MR) is 117 cm³/mol. The van der Waals surface area contributed by atoms with Crippen molar-refractivity contribution in [2.45, 2.75) is 43.3 Å². The summed E-state index contributed by atoms with van der Waals surface area (Å²) in [6, 6.07) is 9.93. The number of thioether (sulfide) groups is 1. The smallest absolute Gasteiger partial charge is 0.475 e. The molecule has 5 rings (SSSR count). The van der Waals surface area contributed by atoms with Crippen molar-refractivity contribution in [1.29, 1.82) is 0 Å². The van der Waals surface area contributed by atoms with Crippen molar-refractivity contribution in [2.24, 2.45) is 0 Å². The van der Waals surface area contributed by atoms with Gasteiger partial charge in [0.25, 0.3) is 5.91 Å². The molecule has 0 aliphatic carbocycles. The van der Waals surface area contributed by atoms with Crippen LogP contribution in [0.1, 0.15) is 33.5 Å². The van der Waals surface area contributed by atoms with Crippen LogP contribution in [0.4, 0.5) is 13.2 Å². The molecule has 1 aromatic heterocycles.